The molecule has 80 valence electrons. The van der Waals surface area contributed by atoms with Crippen LogP contribution < -0.4 is 4.72 Å². The van der Waals surface area contributed by atoms with Crippen LogP contribution >= 0.6 is 0 Å². The van der Waals surface area contributed by atoms with Gasteiger partial charge in [-0.3, -0.25) is 4.72 Å². The van der Waals surface area contributed by atoms with Gasteiger partial charge in [0.1, 0.15) is 0 Å². The Morgan fingerprint density at radius 3 is 2.67 bits per heavy atom. The molecule has 0 saturated carbocycles. The molecule has 0 spiro atoms. The first-order chi connectivity index (χ1) is 6.92. The zero-order valence-corrected chi connectivity index (χ0v) is 9.11. The fourth-order valence-electron chi connectivity index (χ4n) is 1.03. The summed E-state index contributed by atoms with van der Waals surface area (Å²) in [6.45, 7) is 1.76. The summed E-state index contributed by atoms with van der Waals surface area (Å²) in [4.78, 5) is 2.62. The molecule has 0 aliphatic rings. The van der Waals surface area contributed by atoms with Gasteiger partial charge in [0.25, 0.3) is 0 Å². The van der Waals surface area contributed by atoms with Crippen molar-refractivity contribution < 1.29 is 8.42 Å². The first-order valence-corrected chi connectivity index (χ1v) is 5.95. The molecule has 7 heteroatoms. The summed E-state index contributed by atoms with van der Waals surface area (Å²) < 4.78 is 24.4. The van der Waals surface area contributed by atoms with Crippen molar-refractivity contribution in [3.8, 4) is 0 Å². The number of benzene rings is 1. The minimum Gasteiger partial charge on any atom is -0.284 e. The highest BCUT2D eigenvalue weighted by Crippen LogP contribution is 2.23. The van der Waals surface area contributed by atoms with Crippen LogP contribution in [0.3, 0.4) is 0 Å². The Balaban J connectivity index is 3.16. The normalized spacial score (nSPS) is 10.5. The number of nitrogens with zero attached hydrogens (tertiary/aromatic N) is 3. The maximum atomic E-state index is 11.0. The van der Waals surface area contributed by atoms with Gasteiger partial charge in [-0.15, -0.1) is 0 Å². The lowest BCUT2D eigenvalue weighted by atomic mass is 10.2. The molecule has 0 atom stereocenters. The molecule has 1 N–H and O–H groups in total. The second-order valence-corrected chi connectivity index (χ2v) is 4.81. The number of sulfonamides is 1. The summed E-state index contributed by atoms with van der Waals surface area (Å²) in [5.41, 5.74) is 9.78. The van der Waals surface area contributed by atoms with Crippen molar-refractivity contribution >= 4 is 21.4 Å². The fourth-order valence-corrected chi connectivity index (χ4v) is 1.65. The standard InChI is InChI=1S/C8H10N4O2S/c1-6-3-4-7(10-12-9)5-8(6)11-15(2,13)14/h3-5,11H,1-2H3. The number of aryl methyl sites for hydroxylation is 1. The van der Waals surface area contributed by atoms with Crippen molar-refractivity contribution in [3.63, 3.8) is 0 Å². The molecule has 0 unspecified atom stereocenters. The van der Waals surface area contributed by atoms with E-state index in [1.54, 1.807) is 19.1 Å². The lowest BCUT2D eigenvalue weighted by Gasteiger charge is -2.07. The average Bonchev–Trinajstić information content (AvgIpc) is 2.09. The fraction of sp³-hybridized carbons (Fsp3) is 0.250. The molecule has 0 bridgehead atoms. The number of nitrogens with one attached hydrogen (secondary N) is 1. The van der Waals surface area contributed by atoms with Gasteiger partial charge in [-0.2, -0.15) is 0 Å². The molecule has 6 nitrogen and oxygen atoms in total. The molecule has 0 fully saturated rings. The molecule has 0 saturated heterocycles. The van der Waals surface area contributed by atoms with E-state index in [2.05, 4.69) is 14.7 Å². The maximum Gasteiger partial charge on any atom is 0.229 e. The molecule has 1 rings (SSSR count). The second-order valence-electron chi connectivity index (χ2n) is 3.06. The SMILES string of the molecule is Cc1ccc(N=[N+]=[N-])cc1NS(C)(=O)=O. The first-order valence-electron chi connectivity index (χ1n) is 4.06. The smallest absolute Gasteiger partial charge is 0.229 e. The average molecular weight is 226 g/mol. The van der Waals surface area contributed by atoms with Gasteiger partial charge in [-0.05, 0) is 24.1 Å². The van der Waals surface area contributed by atoms with Crippen LogP contribution in [0, 0.1) is 6.92 Å². The van der Waals surface area contributed by atoms with Crippen molar-refractivity contribution in [2.75, 3.05) is 11.0 Å². The lowest BCUT2D eigenvalue weighted by Crippen LogP contribution is -2.10. The number of azide groups is 1. The molecule has 0 aliphatic heterocycles. The van der Waals surface area contributed by atoms with Gasteiger partial charge >= 0.3 is 0 Å². The molecule has 0 amide bonds. The highest BCUT2D eigenvalue weighted by Gasteiger charge is 2.05. The highest BCUT2D eigenvalue weighted by atomic mass is 32.2. The highest BCUT2D eigenvalue weighted by molar-refractivity contribution is 7.92. The van der Waals surface area contributed by atoms with Gasteiger partial charge < -0.3 is 0 Å². The van der Waals surface area contributed by atoms with E-state index in [9.17, 15) is 8.42 Å². The Labute approximate surface area is 87.6 Å². The summed E-state index contributed by atoms with van der Waals surface area (Å²) >= 11 is 0. The quantitative estimate of drug-likeness (QED) is 0.486. The predicted molar refractivity (Wildman–Crippen MR) is 58.5 cm³/mol. The summed E-state index contributed by atoms with van der Waals surface area (Å²) in [7, 11) is -3.32. The largest absolute Gasteiger partial charge is 0.284 e. The third-order valence-electron chi connectivity index (χ3n) is 1.68. The maximum absolute atomic E-state index is 11.0. The summed E-state index contributed by atoms with van der Waals surface area (Å²) in [5.74, 6) is 0. The van der Waals surface area contributed by atoms with Crippen LogP contribution in [0.1, 0.15) is 5.56 Å². The Hall–Kier alpha value is -1.72. The van der Waals surface area contributed by atoms with Crippen LogP contribution in [-0.4, -0.2) is 14.7 Å². The van der Waals surface area contributed by atoms with Crippen LogP contribution in [0.4, 0.5) is 11.4 Å². The van der Waals surface area contributed by atoms with Crippen LogP contribution in [0.25, 0.3) is 10.4 Å². The van der Waals surface area contributed by atoms with E-state index in [1.165, 1.54) is 6.07 Å². The molecule has 15 heavy (non-hydrogen) atoms. The minimum absolute atomic E-state index is 0.370. The van der Waals surface area contributed by atoms with E-state index >= 15 is 0 Å². The van der Waals surface area contributed by atoms with E-state index in [-0.39, 0.29) is 0 Å². The van der Waals surface area contributed by atoms with E-state index in [0.29, 0.717) is 11.4 Å². The van der Waals surface area contributed by atoms with Crippen LogP contribution in [0.5, 0.6) is 0 Å². The monoisotopic (exact) mass is 226 g/mol. The summed E-state index contributed by atoms with van der Waals surface area (Å²) in [6, 6.07) is 4.77. The van der Waals surface area contributed by atoms with E-state index in [4.69, 9.17) is 5.53 Å². The summed E-state index contributed by atoms with van der Waals surface area (Å²) in [6.07, 6.45) is 1.06. The number of hydrogen-bond acceptors (Lipinski definition) is 3. The summed E-state index contributed by atoms with van der Waals surface area (Å²) in [5, 5.41) is 3.38. The first kappa shape index (κ1) is 11.4. The van der Waals surface area contributed by atoms with Crippen molar-refractivity contribution in [3.05, 3.63) is 34.2 Å². The molecular formula is C8H10N4O2S. The number of hydrogen-bond donors (Lipinski definition) is 1. The van der Waals surface area contributed by atoms with E-state index in [1.807, 2.05) is 0 Å². The minimum atomic E-state index is -3.32. The van der Waals surface area contributed by atoms with Crippen LogP contribution in [0.15, 0.2) is 23.3 Å². The van der Waals surface area contributed by atoms with Crippen LogP contribution in [-0.2, 0) is 10.0 Å². The number of anilines is 1. The second kappa shape index (κ2) is 4.20. The van der Waals surface area contributed by atoms with Gasteiger partial charge in [0.05, 0.1) is 11.9 Å². The zero-order valence-electron chi connectivity index (χ0n) is 8.30. The zero-order chi connectivity index (χ0) is 11.5. The van der Waals surface area contributed by atoms with Gasteiger partial charge in [-0.25, -0.2) is 8.42 Å². The van der Waals surface area contributed by atoms with Gasteiger partial charge in [0.2, 0.25) is 10.0 Å². The van der Waals surface area contributed by atoms with Crippen LogP contribution in [0.2, 0.25) is 0 Å². The number of rotatable bonds is 3. The van der Waals surface area contributed by atoms with Gasteiger partial charge in [0.15, 0.2) is 0 Å². The van der Waals surface area contributed by atoms with Crippen molar-refractivity contribution in [2.45, 2.75) is 6.92 Å². The molecule has 0 aliphatic carbocycles. The Kier molecular flexibility index (Phi) is 3.18. The topological polar surface area (TPSA) is 94.9 Å². The molecule has 0 radical (unpaired) electrons. The molecule has 0 heterocycles. The van der Waals surface area contributed by atoms with E-state index < -0.39 is 10.0 Å². The van der Waals surface area contributed by atoms with Gasteiger partial charge in [-0.1, -0.05) is 17.2 Å². The van der Waals surface area contributed by atoms with Crippen molar-refractivity contribution in [1.82, 2.24) is 0 Å². The van der Waals surface area contributed by atoms with Crippen molar-refractivity contribution in [1.29, 1.82) is 0 Å². The predicted octanol–water partition coefficient (Wildman–Crippen LogP) is 2.31. The third kappa shape index (κ3) is 3.49. The van der Waals surface area contributed by atoms with Crippen molar-refractivity contribution in [2.24, 2.45) is 5.11 Å². The molecular weight excluding hydrogens is 216 g/mol. The Morgan fingerprint density at radius 2 is 2.13 bits per heavy atom. The van der Waals surface area contributed by atoms with E-state index in [0.717, 1.165) is 11.8 Å². The lowest BCUT2D eigenvalue weighted by molar-refractivity contribution is 0.607. The molecule has 1 aromatic rings. The third-order valence-corrected chi connectivity index (χ3v) is 2.27. The Bertz CT molecular complexity index is 517. The molecule has 0 aromatic heterocycles. The molecule has 1 aromatic carbocycles. The Morgan fingerprint density at radius 1 is 1.47 bits per heavy atom. The van der Waals surface area contributed by atoms with Gasteiger partial charge in [0, 0.05) is 10.6 Å².